The predicted octanol–water partition coefficient (Wildman–Crippen LogP) is 3.44. The van der Waals surface area contributed by atoms with Crippen LogP contribution in [0.15, 0.2) is 18.2 Å². The summed E-state index contributed by atoms with van der Waals surface area (Å²) in [5.74, 6) is 0. The molecule has 0 spiro atoms. The Morgan fingerprint density at radius 3 is 2.84 bits per heavy atom. The van der Waals surface area contributed by atoms with E-state index in [-0.39, 0.29) is 0 Å². The molecule has 1 aromatic carbocycles. The normalized spacial score (nSPS) is 10.4. The molecule has 0 amide bonds. The molecule has 0 saturated heterocycles. The highest BCUT2D eigenvalue weighted by Crippen LogP contribution is 2.21. The van der Waals surface area contributed by atoms with Gasteiger partial charge >= 0.3 is 0 Å². The zero-order chi connectivity index (χ0) is 13.8. The van der Waals surface area contributed by atoms with Gasteiger partial charge in [-0.2, -0.15) is 5.26 Å². The number of benzene rings is 1. The smallest absolute Gasteiger partial charge is 0.186 e. The van der Waals surface area contributed by atoms with Gasteiger partial charge in [0.1, 0.15) is 6.07 Å². The number of hydrogen-bond acceptors (Lipinski definition) is 3. The fourth-order valence-electron chi connectivity index (χ4n) is 2.01. The molecule has 1 aromatic heterocycles. The molecule has 0 saturated carbocycles. The standard InChI is InChI=1S/C14H15ClN4/c1-3-4-5-14-12(9-16)17-18-19(14)13-7-6-11(15)8-10(13)2/h6-8H,3-5H2,1-2H3. The minimum absolute atomic E-state index is 0.405. The van der Waals surface area contributed by atoms with Gasteiger partial charge in [0, 0.05) is 5.02 Å². The molecule has 1 heterocycles. The maximum Gasteiger partial charge on any atom is 0.186 e. The number of aromatic nitrogens is 3. The number of hydrogen-bond donors (Lipinski definition) is 0. The Kier molecular flexibility index (Phi) is 4.18. The average molecular weight is 275 g/mol. The summed E-state index contributed by atoms with van der Waals surface area (Å²) in [4.78, 5) is 0. The van der Waals surface area contributed by atoms with Crippen molar-refractivity contribution in [1.82, 2.24) is 15.0 Å². The van der Waals surface area contributed by atoms with E-state index in [0.29, 0.717) is 10.7 Å². The summed E-state index contributed by atoms with van der Waals surface area (Å²) in [6.45, 7) is 4.09. The first-order chi connectivity index (χ1) is 9.17. The van der Waals surface area contributed by atoms with E-state index in [1.807, 2.05) is 25.1 Å². The number of aryl methyl sites for hydroxylation is 1. The summed E-state index contributed by atoms with van der Waals surface area (Å²) in [5.41, 5.74) is 3.21. The molecule has 0 unspecified atom stereocenters. The lowest BCUT2D eigenvalue weighted by atomic mass is 10.1. The van der Waals surface area contributed by atoms with Crippen LogP contribution in [0.25, 0.3) is 5.69 Å². The quantitative estimate of drug-likeness (QED) is 0.858. The third-order valence-electron chi connectivity index (χ3n) is 3.02. The fourth-order valence-corrected chi connectivity index (χ4v) is 2.23. The van der Waals surface area contributed by atoms with Crippen LogP contribution in [0, 0.1) is 18.3 Å². The minimum Gasteiger partial charge on any atom is -0.216 e. The van der Waals surface area contributed by atoms with Gasteiger partial charge in [-0.15, -0.1) is 5.10 Å². The van der Waals surface area contributed by atoms with Crippen LogP contribution in [-0.2, 0) is 6.42 Å². The van der Waals surface area contributed by atoms with Crippen LogP contribution in [0.1, 0.15) is 36.7 Å². The third kappa shape index (κ3) is 2.77. The Balaban J connectivity index is 2.50. The van der Waals surface area contributed by atoms with E-state index in [4.69, 9.17) is 16.9 Å². The molecule has 0 N–H and O–H groups in total. The van der Waals surface area contributed by atoms with Crippen LogP contribution < -0.4 is 0 Å². The molecule has 0 aliphatic heterocycles. The van der Waals surface area contributed by atoms with Crippen LogP contribution in [0.4, 0.5) is 0 Å². The lowest BCUT2D eigenvalue weighted by Crippen LogP contribution is -2.05. The molecule has 4 nitrogen and oxygen atoms in total. The van der Waals surface area contributed by atoms with Gasteiger partial charge in [0.15, 0.2) is 5.69 Å². The molecule has 0 fully saturated rings. The summed E-state index contributed by atoms with van der Waals surface area (Å²) < 4.78 is 1.75. The van der Waals surface area contributed by atoms with Crippen molar-refractivity contribution in [2.24, 2.45) is 0 Å². The van der Waals surface area contributed by atoms with E-state index in [9.17, 15) is 0 Å². The fraction of sp³-hybridized carbons (Fsp3) is 0.357. The van der Waals surface area contributed by atoms with Crippen molar-refractivity contribution in [2.75, 3.05) is 0 Å². The van der Waals surface area contributed by atoms with Gasteiger partial charge in [-0.1, -0.05) is 30.2 Å². The van der Waals surface area contributed by atoms with Crippen LogP contribution in [0.3, 0.4) is 0 Å². The van der Waals surface area contributed by atoms with Crippen molar-refractivity contribution in [3.8, 4) is 11.8 Å². The number of halogens is 1. The van der Waals surface area contributed by atoms with Crippen molar-refractivity contribution < 1.29 is 0 Å². The van der Waals surface area contributed by atoms with E-state index >= 15 is 0 Å². The number of unbranched alkanes of at least 4 members (excludes halogenated alkanes) is 1. The van der Waals surface area contributed by atoms with Gasteiger partial charge in [-0.05, 0) is 43.5 Å². The van der Waals surface area contributed by atoms with Crippen LogP contribution >= 0.6 is 11.6 Å². The predicted molar refractivity (Wildman–Crippen MR) is 74.4 cm³/mol. The molecular formula is C14H15ClN4. The molecule has 2 aromatic rings. The molecule has 0 bridgehead atoms. The highest BCUT2D eigenvalue weighted by atomic mass is 35.5. The van der Waals surface area contributed by atoms with E-state index in [1.54, 1.807) is 4.68 Å². The Hall–Kier alpha value is -1.86. The van der Waals surface area contributed by atoms with Crippen LogP contribution in [0.2, 0.25) is 5.02 Å². The highest BCUT2D eigenvalue weighted by Gasteiger charge is 2.14. The van der Waals surface area contributed by atoms with Gasteiger partial charge in [0.05, 0.1) is 11.4 Å². The lowest BCUT2D eigenvalue weighted by molar-refractivity contribution is 0.713. The molecule has 98 valence electrons. The first-order valence-corrected chi connectivity index (χ1v) is 6.66. The van der Waals surface area contributed by atoms with E-state index in [1.165, 1.54) is 0 Å². The van der Waals surface area contributed by atoms with Gasteiger partial charge in [-0.3, -0.25) is 0 Å². The summed E-state index contributed by atoms with van der Waals surface area (Å²) >= 11 is 5.96. The zero-order valence-corrected chi connectivity index (χ0v) is 11.8. The SMILES string of the molecule is CCCCc1c(C#N)nnn1-c1ccc(Cl)cc1C. The number of nitriles is 1. The van der Waals surface area contributed by atoms with E-state index in [0.717, 1.165) is 36.2 Å². The van der Waals surface area contributed by atoms with Crippen molar-refractivity contribution >= 4 is 11.6 Å². The van der Waals surface area contributed by atoms with Crippen LogP contribution in [0.5, 0.6) is 0 Å². The van der Waals surface area contributed by atoms with Gasteiger partial charge in [0.25, 0.3) is 0 Å². The molecule has 0 aliphatic rings. The average Bonchev–Trinajstić information content (AvgIpc) is 2.79. The van der Waals surface area contributed by atoms with Gasteiger partial charge in [-0.25, -0.2) is 4.68 Å². The highest BCUT2D eigenvalue weighted by molar-refractivity contribution is 6.30. The summed E-state index contributed by atoms with van der Waals surface area (Å²) in [5, 5.41) is 17.8. The second kappa shape index (κ2) is 5.85. The molecule has 0 aliphatic carbocycles. The molecule has 19 heavy (non-hydrogen) atoms. The first kappa shape index (κ1) is 13.6. The van der Waals surface area contributed by atoms with E-state index in [2.05, 4.69) is 23.3 Å². The van der Waals surface area contributed by atoms with Crippen LogP contribution in [-0.4, -0.2) is 15.0 Å². The molecule has 0 atom stereocenters. The summed E-state index contributed by atoms with van der Waals surface area (Å²) in [7, 11) is 0. The number of rotatable bonds is 4. The maximum atomic E-state index is 9.10. The molecule has 2 rings (SSSR count). The van der Waals surface area contributed by atoms with Crippen molar-refractivity contribution in [1.29, 1.82) is 5.26 Å². The van der Waals surface area contributed by atoms with Crippen molar-refractivity contribution in [3.05, 3.63) is 40.2 Å². The second-order valence-electron chi connectivity index (χ2n) is 4.44. The van der Waals surface area contributed by atoms with Gasteiger partial charge in [0.2, 0.25) is 0 Å². The Labute approximate surface area is 117 Å². The maximum absolute atomic E-state index is 9.10. The van der Waals surface area contributed by atoms with Gasteiger partial charge < -0.3 is 0 Å². The van der Waals surface area contributed by atoms with E-state index < -0.39 is 0 Å². The van der Waals surface area contributed by atoms with Crippen molar-refractivity contribution in [3.63, 3.8) is 0 Å². The molecule has 5 heteroatoms. The zero-order valence-electron chi connectivity index (χ0n) is 11.0. The minimum atomic E-state index is 0.405. The number of nitrogens with zero attached hydrogens (tertiary/aromatic N) is 4. The lowest BCUT2D eigenvalue weighted by Gasteiger charge is -2.09. The van der Waals surface area contributed by atoms with Crippen molar-refractivity contribution in [2.45, 2.75) is 33.1 Å². The Bertz CT molecular complexity index is 625. The topological polar surface area (TPSA) is 54.5 Å². The third-order valence-corrected chi connectivity index (χ3v) is 3.26. The Morgan fingerprint density at radius 2 is 2.21 bits per heavy atom. The first-order valence-electron chi connectivity index (χ1n) is 6.28. The Morgan fingerprint density at radius 1 is 1.42 bits per heavy atom. The second-order valence-corrected chi connectivity index (χ2v) is 4.88. The summed E-state index contributed by atoms with van der Waals surface area (Å²) in [6.07, 6.45) is 2.87. The molecular weight excluding hydrogens is 260 g/mol. The largest absolute Gasteiger partial charge is 0.216 e. The monoisotopic (exact) mass is 274 g/mol. The summed E-state index contributed by atoms with van der Waals surface area (Å²) in [6, 6.07) is 7.71. The molecule has 0 radical (unpaired) electrons.